The highest BCUT2D eigenvalue weighted by Gasteiger charge is 2.62. The lowest BCUT2D eigenvalue weighted by Crippen LogP contribution is -2.58. The van der Waals surface area contributed by atoms with Crippen molar-refractivity contribution in [3.8, 4) is 5.88 Å². The Hall–Kier alpha value is -4.86. The number of fused-ring (bicyclic) bond motifs is 5. The van der Waals surface area contributed by atoms with Crippen LogP contribution in [-0.2, 0) is 24.4 Å². The number of hydrogen-bond acceptors (Lipinski definition) is 8. The van der Waals surface area contributed by atoms with E-state index < -0.39 is 80.4 Å². The lowest BCUT2D eigenvalue weighted by molar-refractivity contribution is -0.141. The van der Waals surface area contributed by atoms with Crippen LogP contribution in [0.15, 0.2) is 48.6 Å². The Kier molecular flexibility index (Phi) is 9.06. The van der Waals surface area contributed by atoms with E-state index in [0.29, 0.717) is 48.3 Å². The number of carboxylic acid groups (broad SMARTS) is 1. The number of nitrogens with zero attached hydrogens (tertiary/aromatic N) is 2. The number of sulfonamides is 1. The zero-order valence-corrected chi connectivity index (χ0v) is 28.3. The van der Waals surface area contributed by atoms with Crippen LogP contribution in [0, 0.1) is 17.6 Å². The Balaban J connectivity index is 1.22. The summed E-state index contributed by atoms with van der Waals surface area (Å²) in [4.78, 5) is 59.3. The van der Waals surface area contributed by atoms with Gasteiger partial charge in [0.2, 0.25) is 27.7 Å². The molecule has 3 fully saturated rings. The molecule has 2 aromatic carbocycles. The highest BCUT2D eigenvalue weighted by atomic mass is 32.2. The summed E-state index contributed by atoms with van der Waals surface area (Å²) in [7, 11) is -3.94. The summed E-state index contributed by atoms with van der Waals surface area (Å²) < 4.78 is 62.6. The second kappa shape index (κ2) is 13.4. The predicted octanol–water partition coefficient (Wildman–Crippen LogP) is 3.65. The number of aromatic nitrogens is 1. The Morgan fingerprint density at radius 1 is 1.00 bits per heavy atom. The van der Waals surface area contributed by atoms with Crippen molar-refractivity contribution in [1.82, 2.24) is 25.2 Å². The van der Waals surface area contributed by atoms with Crippen molar-refractivity contribution in [3.05, 3.63) is 60.2 Å². The molecule has 4 N–H and O–H groups in total. The van der Waals surface area contributed by atoms with Gasteiger partial charge in [-0.2, -0.15) is 0 Å². The van der Waals surface area contributed by atoms with Crippen molar-refractivity contribution in [2.75, 3.05) is 6.54 Å². The molecule has 0 bridgehead atoms. The molecule has 13 nitrogen and oxygen atoms in total. The number of carbonyl (C=O) groups excluding carboxylic acids is 3. The Morgan fingerprint density at radius 3 is 2.49 bits per heavy atom. The van der Waals surface area contributed by atoms with Crippen LogP contribution in [0.5, 0.6) is 5.88 Å². The summed E-state index contributed by atoms with van der Waals surface area (Å²) in [6, 6.07) is 5.43. The minimum atomic E-state index is -3.94. The van der Waals surface area contributed by atoms with E-state index in [1.165, 1.54) is 41.3 Å². The van der Waals surface area contributed by atoms with E-state index in [-0.39, 0.29) is 37.2 Å². The number of allylic oxidation sites excluding steroid dienone is 1. The molecule has 7 rings (SSSR count). The first-order valence-corrected chi connectivity index (χ1v) is 18.6. The third-order valence-electron chi connectivity index (χ3n) is 10.1. The van der Waals surface area contributed by atoms with Crippen LogP contribution in [0.4, 0.5) is 13.6 Å². The van der Waals surface area contributed by atoms with Gasteiger partial charge in [-0.15, -0.1) is 0 Å². The molecule has 4 aliphatic rings. The Bertz CT molecular complexity index is 2080. The maximum Gasteiger partial charge on any atom is 0.405 e. The Morgan fingerprint density at radius 2 is 1.75 bits per heavy atom. The normalized spacial score (nSPS) is 27.8. The van der Waals surface area contributed by atoms with E-state index >= 15 is 0 Å². The van der Waals surface area contributed by atoms with Gasteiger partial charge in [0.05, 0.1) is 17.3 Å². The van der Waals surface area contributed by atoms with Crippen LogP contribution in [0.25, 0.3) is 21.7 Å². The maximum absolute atomic E-state index is 14.4. The average Bonchev–Trinajstić information content (AvgIpc) is 4.00. The van der Waals surface area contributed by atoms with Gasteiger partial charge in [0.1, 0.15) is 35.4 Å². The molecule has 4 amide bonds. The van der Waals surface area contributed by atoms with E-state index in [4.69, 9.17) is 4.74 Å². The number of amides is 4. The van der Waals surface area contributed by atoms with Crippen molar-refractivity contribution < 1.29 is 46.2 Å². The van der Waals surface area contributed by atoms with Crippen LogP contribution in [0.2, 0.25) is 0 Å². The topological polar surface area (TPSA) is 184 Å². The smallest absolute Gasteiger partial charge is 0.405 e. The highest BCUT2D eigenvalue weighted by molar-refractivity contribution is 7.91. The van der Waals surface area contributed by atoms with E-state index in [0.717, 1.165) is 6.42 Å². The van der Waals surface area contributed by atoms with Crippen LogP contribution in [0.1, 0.15) is 57.8 Å². The minimum absolute atomic E-state index is 0.0115. The summed E-state index contributed by atoms with van der Waals surface area (Å²) in [5, 5.41) is 15.2. The first-order chi connectivity index (χ1) is 24.3. The molecule has 0 unspecified atom stereocenters. The number of carbonyl (C=O) groups is 4. The van der Waals surface area contributed by atoms with Gasteiger partial charge < -0.3 is 25.4 Å². The lowest BCUT2D eigenvalue weighted by Gasteiger charge is -2.29. The Labute approximate surface area is 291 Å². The molecule has 0 spiro atoms. The molecule has 2 aliphatic heterocycles. The van der Waals surface area contributed by atoms with E-state index in [9.17, 15) is 41.5 Å². The first kappa shape index (κ1) is 34.6. The molecule has 2 aliphatic carbocycles. The zero-order valence-electron chi connectivity index (χ0n) is 27.4. The molecule has 270 valence electrons. The van der Waals surface area contributed by atoms with Gasteiger partial charge in [0.15, 0.2) is 0 Å². The van der Waals surface area contributed by atoms with Gasteiger partial charge >= 0.3 is 6.09 Å². The quantitative estimate of drug-likeness (QED) is 0.218. The first-order valence-electron chi connectivity index (χ1n) is 17.0. The summed E-state index contributed by atoms with van der Waals surface area (Å²) in [6.07, 6.45) is 5.00. The number of ether oxygens (including phenoxy) is 1. The van der Waals surface area contributed by atoms with Crippen LogP contribution in [0.3, 0.4) is 0 Å². The maximum atomic E-state index is 14.4. The summed E-state index contributed by atoms with van der Waals surface area (Å²) in [5.74, 6) is -3.85. The second-order valence-corrected chi connectivity index (χ2v) is 15.7. The molecule has 3 aromatic rings. The van der Waals surface area contributed by atoms with Crippen molar-refractivity contribution in [2.24, 2.45) is 5.92 Å². The van der Waals surface area contributed by atoms with Gasteiger partial charge in [-0.1, -0.05) is 25.0 Å². The number of benzene rings is 2. The van der Waals surface area contributed by atoms with Crippen molar-refractivity contribution in [1.29, 1.82) is 0 Å². The molecule has 0 radical (unpaired) electrons. The molecule has 51 heavy (non-hydrogen) atoms. The number of pyridine rings is 1. The zero-order chi connectivity index (χ0) is 36.1. The molecular formula is C35H37F2N5O8S. The van der Waals surface area contributed by atoms with Gasteiger partial charge in [-0.25, -0.2) is 27.0 Å². The lowest BCUT2D eigenvalue weighted by atomic mass is 10.1. The second-order valence-electron chi connectivity index (χ2n) is 13.8. The van der Waals surface area contributed by atoms with Gasteiger partial charge in [0.25, 0.3) is 5.91 Å². The van der Waals surface area contributed by atoms with Crippen LogP contribution < -0.4 is 20.1 Å². The summed E-state index contributed by atoms with van der Waals surface area (Å²) >= 11 is 0. The standard InChI is InChI=1S/C35H37F2N5O8S/c36-20-9-13-25-26(14-20)24-12-8-21(37)15-28(24)38-31(25)50-22-16-29-30(43)40-35(33(45)41-51(48,49)23-10-11-23)17-19(35)6-4-2-1-3-5-7-27(39-34(46)47)32(44)42(29)18-22/h4,6,8-9,12-15,19,22-23,27,29,39H,1-3,5,7,10-11,16-18H2,(H,40,43)(H,41,45)(H,46,47)/b6-4-/t19-,22-,27+,29+,35-/m1/s1. The third-order valence-corrected chi connectivity index (χ3v) is 11.9. The minimum Gasteiger partial charge on any atom is -0.472 e. The van der Waals surface area contributed by atoms with Crippen molar-refractivity contribution in [3.63, 3.8) is 0 Å². The molecule has 5 atom stereocenters. The third kappa shape index (κ3) is 7.05. The monoisotopic (exact) mass is 725 g/mol. The predicted molar refractivity (Wildman–Crippen MR) is 180 cm³/mol. The van der Waals surface area contributed by atoms with Gasteiger partial charge in [0, 0.05) is 29.2 Å². The van der Waals surface area contributed by atoms with Gasteiger partial charge in [-0.05, 0) is 74.2 Å². The van der Waals surface area contributed by atoms with Crippen molar-refractivity contribution >= 4 is 55.5 Å². The van der Waals surface area contributed by atoms with E-state index in [1.54, 1.807) is 6.08 Å². The molecule has 16 heteroatoms. The van der Waals surface area contributed by atoms with E-state index in [2.05, 4.69) is 20.3 Å². The summed E-state index contributed by atoms with van der Waals surface area (Å²) in [5.41, 5.74) is -1.38. The van der Waals surface area contributed by atoms with Gasteiger partial charge in [-0.3, -0.25) is 19.1 Å². The highest BCUT2D eigenvalue weighted by Crippen LogP contribution is 2.46. The molecule has 2 saturated carbocycles. The fraction of sp³-hybridized carbons (Fsp3) is 0.457. The van der Waals surface area contributed by atoms with Crippen LogP contribution >= 0.6 is 0 Å². The molecule has 1 aromatic heterocycles. The average molecular weight is 726 g/mol. The number of rotatable bonds is 6. The number of hydrogen-bond donors (Lipinski definition) is 4. The fourth-order valence-electron chi connectivity index (χ4n) is 7.16. The number of halogens is 2. The molecule has 3 heterocycles. The van der Waals surface area contributed by atoms with E-state index in [1.807, 2.05) is 6.08 Å². The fourth-order valence-corrected chi connectivity index (χ4v) is 8.53. The molecule has 1 saturated heterocycles. The number of nitrogens with one attached hydrogen (secondary N) is 3. The SMILES string of the molecule is O=C(O)N[C@H]1CCCCC/C=C\[C@@H]2C[C@@]2(C(=O)NS(=O)(=O)C2CC2)NC(=O)[C@@H]2C[C@@H](Oc3nc4cc(F)ccc4c4cc(F)ccc34)CN2C1=O. The largest absolute Gasteiger partial charge is 0.472 e. The van der Waals surface area contributed by atoms with Crippen LogP contribution in [-0.4, -0.2) is 82.7 Å². The van der Waals surface area contributed by atoms with Crippen molar-refractivity contribution in [2.45, 2.75) is 86.8 Å². The molecular weight excluding hydrogens is 688 g/mol. The summed E-state index contributed by atoms with van der Waals surface area (Å²) in [6.45, 7) is -0.182.